The molecule has 0 aromatic heterocycles. The van der Waals surface area contributed by atoms with E-state index in [1.807, 2.05) is 0 Å². The van der Waals surface area contributed by atoms with Crippen LogP contribution in [0.1, 0.15) is 19.4 Å². The van der Waals surface area contributed by atoms with E-state index in [1.165, 1.54) is 12.1 Å². The average Bonchev–Trinajstić information content (AvgIpc) is 3.11. The van der Waals surface area contributed by atoms with Crippen LogP contribution in [0.5, 0.6) is 11.5 Å². The molecule has 0 spiro atoms. The molecule has 1 aliphatic heterocycles. The third kappa shape index (κ3) is 4.36. The van der Waals surface area contributed by atoms with Crippen LogP contribution < -0.4 is 20.1 Å². The molecule has 6 nitrogen and oxygen atoms in total. The molecule has 0 aliphatic carbocycles. The highest BCUT2D eigenvalue weighted by Crippen LogP contribution is 2.34. The van der Waals surface area contributed by atoms with E-state index in [-0.39, 0.29) is 18.5 Å². The molecular weight excluding hydrogens is 351 g/mol. The Morgan fingerprint density at radius 3 is 2.48 bits per heavy atom. The predicted octanol–water partition coefficient (Wildman–Crippen LogP) is 2.88. The average molecular weight is 372 g/mol. The number of fused-ring (bicyclic) bond motifs is 1. The summed E-state index contributed by atoms with van der Waals surface area (Å²) in [6, 6.07) is 11.1. The molecule has 1 aliphatic rings. The number of nitrogens with one attached hydrogen (secondary N) is 2. The van der Waals surface area contributed by atoms with Crippen LogP contribution in [0.3, 0.4) is 0 Å². The molecule has 0 saturated carbocycles. The highest BCUT2D eigenvalue weighted by molar-refractivity contribution is 6.09. The molecule has 0 atom stereocenters. The molecule has 0 saturated heterocycles. The summed E-state index contributed by atoms with van der Waals surface area (Å²) in [7, 11) is 0. The van der Waals surface area contributed by atoms with Gasteiger partial charge in [-0.25, -0.2) is 4.39 Å². The van der Waals surface area contributed by atoms with E-state index in [2.05, 4.69) is 10.6 Å². The number of amides is 2. The van der Waals surface area contributed by atoms with Gasteiger partial charge < -0.3 is 20.1 Å². The number of hydrogen-bond donors (Lipinski definition) is 2. The standard InChI is InChI=1S/C20H21FN2O4/c1-20(2,18(24)22-10-9-13-3-5-14(21)6-4-13)19(25)23-15-7-8-16-17(11-15)27-12-26-16/h3-8,11H,9-10,12H2,1-2H3,(H,22,24)(H,23,25). The first-order valence-electron chi connectivity index (χ1n) is 8.60. The first kappa shape index (κ1) is 18.7. The summed E-state index contributed by atoms with van der Waals surface area (Å²) in [4.78, 5) is 25.0. The summed E-state index contributed by atoms with van der Waals surface area (Å²) in [5.74, 6) is 0.0489. The molecule has 27 heavy (non-hydrogen) atoms. The van der Waals surface area contributed by atoms with Crippen molar-refractivity contribution in [2.24, 2.45) is 5.41 Å². The van der Waals surface area contributed by atoms with Gasteiger partial charge in [0.2, 0.25) is 18.6 Å². The molecule has 0 unspecified atom stereocenters. The van der Waals surface area contributed by atoms with Gasteiger partial charge in [0.1, 0.15) is 11.2 Å². The van der Waals surface area contributed by atoms with Crippen LogP contribution in [-0.2, 0) is 16.0 Å². The predicted molar refractivity (Wildman–Crippen MR) is 98.1 cm³/mol. The molecule has 0 fully saturated rings. The van der Waals surface area contributed by atoms with E-state index in [9.17, 15) is 14.0 Å². The minimum atomic E-state index is -1.26. The van der Waals surface area contributed by atoms with Crippen LogP contribution in [0.15, 0.2) is 42.5 Å². The molecule has 0 bridgehead atoms. The second-order valence-electron chi connectivity index (χ2n) is 6.78. The number of rotatable bonds is 6. The first-order valence-corrected chi connectivity index (χ1v) is 8.60. The van der Waals surface area contributed by atoms with Gasteiger partial charge in [-0.2, -0.15) is 0 Å². The van der Waals surface area contributed by atoms with Gasteiger partial charge in [0.15, 0.2) is 11.5 Å². The Morgan fingerprint density at radius 2 is 1.74 bits per heavy atom. The summed E-state index contributed by atoms with van der Waals surface area (Å²) in [5.41, 5.74) is 0.162. The van der Waals surface area contributed by atoms with Crippen molar-refractivity contribution in [1.82, 2.24) is 5.32 Å². The minimum Gasteiger partial charge on any atom is -0.454 e. The zero-order chi connectivity index (χ0) is 19.4. The van der Waals surface area contributed by atoms with Crippen LogP contribution in [0.4, 0.5) is 10.1 Å². The van der Waals surface area contributed by atoms with E-state index in [0.717, 1.165) is 5.56 Å². The van der Waals surface area contributed by atoms with E-state index >= 15 is 0 Å². The molecule has 2 N–H and O–H groups in total. The van der Waals surface area contributed by atoms with E-state index in [1.54, 1.807) is 44.2 Å². The van der Waals surface area contributed by atoms with Crippen molar-refractivity contribution in [1.29, 1.82) is 0 Å². The fraction of sp³-hybridized carbons (Fsp3) is 0.300. The zero-order valence-corrected chi connectivity index (χ0v) is 15.2. The lowest BCUT2D eigenvalue weighted by atomic mass is 9.90. The third-order valence-electron chi connectivity index (χ3n) is 4.38. The van der Waals surface area contributed by atoms with Gasteiger partial charge >= 0.3 is 0 Å². The molecule has 3 rings (SSSR count). The van der Waals surface area contributed by atoms with Gasteiger partial charge in [-0.3, -0.25) is 9.59 Å². The van der Waals surface area contributed by atoms with Crippen molar-refractivity contribution in [2.45, 2.75) is 20.3 Å². The van der Waals surface area contributed by atoms with Crippen molar-refractivity contribution >= 4 is 17.5 Å². The molecule has 2 aromatic carbocycles. The van der Waals surface area contributed by atoms with Crippen molar-refractivity contribution in [3.05, 3.63) is 53.8 Å². The summed E-state index contributed by atoms with van der Waals surface area (Å²) in [6.07, 6.45) is 0.548. The van der Waals surface area contributed by atoms with Gasteiger partial charge in [-0.1, -0.05) is 12.1 Å². The topological polar surface area (TPSA) is 76.7 Å². The Hall–Kier alpha value is -3.09. The number of ether oxygens (including phenoxy) is 2. The van der Waals surface area contributed by atoms with E-state index in [0.29, 0.717) is 30.2 Å². The monoisotopic (exact) mass is 372 g/mol. The van der Waals surface area contributed by atoms with E-state index < -0.39 is 11.3 Å². The van der Waals surface area contributed by atoms with Gasteiger partial charge in [0.25, 0.3) is 0 Å². The number of halogens is 1. The molecule has 1 heterocycles. The molecule has 2 amide bonds. The Morgan fingerprint density at radius 1 is 1.04 bits per heavy atom. The van der Waals surface area contributed by atoms with Crippen LogP contribution in [0, 0.1) is 11.2 Å². The molecule has 142 valence electrons. The van der Waals surface area contributed by atoms with Gasteiger partial charge in [-0.15, -0.1) is 0 Å². The van der Waals surface area contributed by atoms with Crippen LogP contribution in [0.25, 0.3) is 0 Å². The fourth-order valence-corrected chi connectivity index (χ4v) is 2.56. The van der Waals surface area contributed by atoms with E-state index in [4.69, 9.17) is 9.47 Å². The highest BCUT2D eigenvalue weighted by atomic mass is 19.1. The summed E-state index contributed by atoms with van der Waals surface area (Å²) in [5, 5.41) is 5.49. The second-order valence-corrected chi connectivity index (χ2v) is 6.78. The van der Waals surface area contributed by atoms with Crippen LogP contribution >= 0.6 is 0 Å². The SMILES string of the molecule is CC(C)(C(=O)NCCc1ccc(F)cc1)C(=O)Nc1ccc2c(c1)OCO2. The van der Waals surface area contributed by atoms with Crippen LogP contribution in [-0.4, -0.2) is 25.2 Å². The van der Waals surface area contributed by atoms with Gasteiger partial charge in [0, 0.05) is 18.3 Å². The number of anilines is 1. The largest absolute Gasteiger partial charge is 0.454 e. The molecule has 0 radical (unpaired) electrons. The molecule has 7 heteroatoms. The third-order valence-corrected chi connectivity index (χ3v) is 4.38. The lowest BCUT2D eigenvalue weighted by Gasteiger charge is -2.22. The first-order chi connectivity index (χ1) is 12.9. The lowest BCUT2D eigenvalue weighted by molar-refractivity contribution is -0.138. The van der Waals surface area contributed by atoms with Crippen molar-refractivity contribution < 1.29 is 23.5 Å². The maximum absolute atomic E-state index is 12.9. The highest BCUT2D eigenvalue weighted by Gasteiger charge is 2.36. The Balaban J connectivity index is 1.54. The number of carbonyl (C=O) groups excluding carboxylic acids is 2. The fourth-order valence-electron chi connectivity index (χ4n) is 2.56. The number of carbonyl (C=O) groups is 2. The molecule has 2 aromatic rings. The second kappa shape index (κ2) is 7.65. The minimum absolute atomic E-state index is 0.148. The Bertz CT molecular complexity index is 850. The summed E-state index contributed by atoms with van der Waals surface area (Å²) >= 11 is 0. The molecular formula is C20H21FN2O4. The van der Waals surface area contributed by atoms with Gasteiger partial charge in [-0.05, 0) is 50.1 Å². The number of benzene rings is 2. The quantitative estimate of drug-likeness (QED) is 0.765. The number of hydrogen-bond acceptors (Lipinski definition) is 4. The summed E-state index contributed by atoms with van der Waals surface area (Å²) < 4.78 is 23.4. The smallest absolute Gasteiger partial charge is 0.239 e. The van der Waals surface area contributed by atoms with Crippen LogP contribution in [0.2, 0.25) is 0 Å². The van der Waals surface area contributed by atoms with Crippen molar-refractivity contribution in [3.8, 4) is 11.5 Å². The maximum Gasteiger partial charge on any atom is 0.239 e. The van der Waals surface area contributed by atoms with Crippen molar-refractivity contribution in [3.63, 3.8) is 0 Å². The maximum atomic E-state index is 12.9. The van der Waals surface area contributed by atoms with Gasteiger partial charge in [0.05, 0.1) is 0 Å². The Kier molecular flexibility index (Phi) is 5.30. The zero-order valence-electron chi connectivity index (χ0n) is 15.2. The Labute approximate surface area is 156 Å². The lowest BCUT2D eigenvalue weighted by Crippen LogP contribution is -2.45. The normalized spacial score (nSPS) is 12.6. The van der Waals surface area contributed by atoms with Crippen molar-refractivity contribution in [2.75, 3.05) is 18.7 Å². The summed E-state index contributed by atoms with van der Waals surface area (Å²) in [6.45, 7) is 3.62.